The van der Waals surface area contributed by atoms with Gasteiger partial charge in [0.15, 0.2) is 0 Å². The number of fused-ring (bicyclic) bond motifs is 1. The molecule has 0 bridgehead atoms. The summed E-state index contributed by atoms with van der Waals surface area (Å²) >= 11 is 0. The monoisotopic (exact) mass is 279 g/mol. The Balaban J connectivity index is 1.85. The molecule has 1 heterocycles. The number of nitrogens with zero attached hydrogens (tertiary/aromatic N) is 1. The first kappa shape index (κ1) is 13.4. The molecule has 2 aromatic carbocycles. The van der Waals surface area contributed by atoms with Crippen LogP contribution in [0.5, 0.6) is 0 Å². The lowest BCUT2D eigenvalue weighted by molar-refractivity contribution is 0.102. The van der Waals surface area contributed by atoms with Crippen LogP contribution >= 0.6 is 0 Å². The molecule has 4 nitrogen and oxygen atoms in total. The van der Waals surface area contributed by atoms with Gasteiger partial charge in [-0.05, 0) is 30.2 Å². The van der Waals surface area contributed by atoms with E-state index in [1.165, 1.54) is 0 Å². The van der Waals surface area contributed by atoms with Crippen molar-refractivity contribution in [1.82, 2.24) is 10.2 Å². The average Bonchev–Trinajstić information content (AvgIpc) is 2.97. The fraction of sp³-hybridized carbons (Fsp3) is 0.176. The highest BCUT2D eigenvalue weighted by Gasteiger charge is 2.09. The Morgan fingerprint density at radius 1 is 1.24 bits per heavy atom. The Morgan fingerprint density at radius 3 is 2.95 bits per heavy atom. The van der Waals surface area contributed by atoms with Crippen molar-refractivity contribution in [2.24, 2.45) is 0 Å². The molecule has 0 spiro atoms. The molecule has 3 rings (SSSR count). The van der Waals surface area contributed by atoms with Gasteiger partial charge < -0.3 is 5.32 Å². The van der Waals surface area contributed by atoms with Crippen LogP contribution in [0.1, 0.15) is 29.3 Å². The van der Waals surface area contributed by atoms with Crippen LogP contribution in [0.2, 0.25) is 0 Å². The van der Waals surface area contributed by atoms with Crippen LogP contribution in [-0.4, -0.2) is 16.1 Å². The number of carbonyl (C=O) groups excluding carboxylic acids is 1. The molecular formula is C17H17N3O. The predicted octanol–water partition coefficient (Wildman–Crippen LogP) is 3.77. The van der Waals surface area contributed by atoms with Gasteiger partial charge in [0.05, 0.1) is 11.7 Å². The summed E-state index contributed by atoms with van der Waals surface area (Å²) in [6.07, 6.45) is 3.75. The summed E-state index contributed by atoms with van der Waals surface area (Å²) in [5.74, 6) is -0.102. The molecule has 1 amide bonds. The highest BCUT2D eigenvalue weighted by molar-refractivity contribution is 6.06. The van der Waals surface area contributed by atoms with Gasteiger partial charge in [-0.3, -0.25) is 9.89 Å². The molecule has 0 aliphatic carbocycles. The lowest BCUT2D eigenvalue weighted by atomic mass is 10.1. The van der Waals surface area contributed by atoms with Gasteiger partial charge in [-0.15, -0.1) is 0 Å². The Labute approximate surface area is 123 Å². The van der Waals surface area contributed by atoms with Crippen molar-refractivity contribution in [3.05, 3.63) is 59.8 Å². The van der Waals surface area contributed by atoms with E-state index in [1.807, 2.05) is 36.4 Å². The average molecular weight is 279 g/mol. The number of benzene rings is 2. The normalized spacial score (nSPS) is 10.7. The maximum atomic E-state index is 12.4. The Kier molecular flexibility index (Phi) is 3.69. The zero-order valence-electron chi connectivity index (χ0n) is 11.9. The molecule has 0 fully saturated rings. The summed E-state index contributed by atoms with van der Waals surface area (Å²) < 4.78 is 0. The van der Waals surface area contributed by atoms with Crippen LogP contribution in [0.4, 0.5) is 5.69 Å². The molecule has 0 radical (unpaired) electrons. The highest BCUT2D eigenvalue weighted by Crippen LogP contribution is 2.19. The zero-order chi connectivity index (χ0) is 14.7. The minimum Gasteiger partial charge on any atom is -0.322 e. The molecule has 0 unspecified atom stereocenters. The van der Waals surface area contributed by atoms with E-state index in [2.05, 4.69) is 28.5 Å². The maximum absolute atomic E-state index is 12.4. The van der Waals surface area contributed by atoms with Gasteiger partial charge in [0.25, 0.3) is 5.91 Å². The molecule has 106 valence electrons. The van der Waals surface area contributed by atoms with E-state index in [1.54, 1.807) is 6.20 Å². The van der Waals surface area contributed by atoms with Crippen molar-refractivity contribution in [1.29, 1.82) is 0 Å². The van der Waals surface area contributed by atoms with Crippen LogP contribution in [0.3, 0.4) is 0 Å². The van der Waals surface area contributed by atoms with E-state index in [9.17, 15) is 4.79 Å². The van der Waals surface area contributed by atoms with Crippen molar-refractivity contribution in [2.45, 2.75) is 19.8 Å². The van der Waals surface area contributed by atoms with Crippen molar-refractivity contribution < 1.29 is 4.79 Å². The molecule has 4 heteroatoms. The number of H-pyrrole nitrogens is 1. The number of aromatic amines is 1. The van der Waals surface area contributed by atoms with Crippen LogP contribution in [0.25, 0.3) is 10.9 Å². The van der Waals surface area contributed by atoms with Gasteiger partial charge in [0.2, 0.25) is 0 Å². The largest absolute Gasteiger partial charge is 0.322 e. The third-order valence-corrected chi connectivity index (χ3v) is 3.49. The first-order chi connectivity index (χ1) is 10.3. The predicted molar refractivity (Wildman–Crippen MR) is 84.5 cm³/mol. The van der Waals surface area contributed by atoms with E-state index in [4.69, 9.17) is 0 Å². The number of anilines is 1. The van der Waals surface area contributed by atoms with Crippen LogP contribution in [-0.2, 0) is 6.42 Å². The number of para-hydroxylation sites is 1. The van der Waals surface area contributed by atoms with E-state index in [0.29, 0.717) is 5.56 Å². The molecule has 2 N–H and O–H groups in total. The number of nitrogens with one attached hydrogen (secondary N) is 2. The van der Waals surface area contributed by atoms with Gasteiger partial charge >= 0.3 is 0 Å². The molecule has 21 heavy (non-hydrogen) atoms. The van der Waals surface area contributed by atoms with Crippen molar-refractivity contribution in [3.8, 4) is 0 Å². The summed E-state index contributed by atoms with van der Waals surface area (Å²) in [7, 11) is 0. The molecule has 0 aliphatic rings. The Morgan fingerprint density at radius 2 is 2.10 bits per heavy atom. The van der Waals surface area contributed by atoms with Crippen LogP contribution in [0.15, 0.2) is 48.7 Å². The Hall–Kier alpha value is -2.62. The standard InChI is InChI=1S/C17H17N3O/c1-2-5-12-6-3-4-7-15(12)19-17(21)13-8-9-14-11-18-20-16(14)10-13/h3-4,6-11H,2,5H2,1H3,(H,18,20)(H,19,21). The molecule has 0 saturated carbocycles. The Bertz CT molecular complexity index is 776. The van der Waals surface area contributed by atoms with E-state index >= 15 is 0 Å². The zero-order valence-corrected chi connectivity index (χ0v) is 11.9. The first-order valence-electron chi connectivity index (χ1n) is 7.10. The lowest BCUT2D eigenvalue weighted by Gasteiger charge is -2.10. The molecule has 0 atom stereocenters. The third kappa shape index (κ3) is 2.79. The summed E-state index contributed by atoms with van der Waals surface area (Å²) in [6.45, 7) is 2.13. The second-order valence-corrected chi connectivity index (χ2v) is 5.03. The van der Waals surface area contributed by atoms with Gasteiger partial charge in [-0.25, -0.2) is 0 Å². The van der Waals surface area contributed by atoms with Gasteiger partial charge in [-0.2, -0.15) is 5.10 Å². The number of amides is 1. The second kappa shape index (κ2) is 5.79. The number of hydrogen-bond acceptors (Lipinski definition) is 2. The summed E-state index contributed by atoms with van der Waals surface area (Å²) in [5.41, 5.74) is 3.53. The summed E-state index contributed by atoms with van der Waals surface area (Å²) in [5, 5.41) is 10.8. The van der Waals surface area contributed by atoms with E-state index in [-0.39, 0.29) is 5.91 Å². The van der Waals surface area contributed by atoms with Gasteiger partial charge in [-0.1, -0.05) is 37.6 Å². The van der Waals surface area contributed by atoms with Crippen molar-refractivity contribution >= 4 is 22.5 Å². The molecule has 1 aromatic heterocycles. The lowest BCUT2D eigenvalue weighted by Crippen LogP contribution is -2.13. The minimum absolute atomic E-state index is 0.102. The van der Waals surface area contributed by atoms with Gasteiger partial charge in [0.1, 0.15) is 0 Å². The second-order valence-electron chi connectivity index (χ2n) is 5.03. The molecule has 0 aliphatic heterocycles. The maximum Gasteiger partial charge on any atom is 0.255 e. The number of aryl methyl sites for hydroxylation is 1. The summed E-state index contributed by atoms with van der Waals surface area (Å²) in [6, 6.07) is 13.5. The number of hydrogen-bond donors (Lipinski definition) is 2. The van der Waals surface area contributed by atoms with Gasteiger partial charge in [0, 0.05) is 16.6 Å². The highest BCUT2D eigenvalue weighted by atomic mass is 16.1. The smallest absolute Gasteiger partial charge is 0.255 e. The molecule has 3 aromatic rings. The first-order valence-corrected chi connectivity index (χ1v) is 7.10. The fourth-order valence-corrected chi connectivity index (χ4v) is 2.40. The van der Waals surface area contributed by atoms with E-state index < -0.39 is 0 Å². The van der Waals surface area contributed by atoms with E-state index in [0.717, 1.165) is 35.0 Å². The topological polar surface area (TPSA) is 57.8 Å². The SMILES string of the molecule is CCCc1ccccc1NC(=O)c1ccc2cn[nH]c2c1. The minimum atomic E-state index is -0.102. The van der Waals surface area contributed by atoms with Crippen molar-refractivity contribution in [3.63, 3.8) is 0 Å². The molecule has 0 saturated heterocycles. The quantitative estimate of drug-likeness (QED) is 0.763. The third-order valence-electron chi connectivity index (χ3n) is 3.49. The number of aromatic nitrogens is 2. The number of rotatable bonds is 4. The van der Waals surface area contributed by atoms with Crippen molar-refractivity contribution in [2.75, 3.05) is 5.32 Å². The summed E-state index contributed by atoms with van der Waals surface area (Å²) in [4.78, 5) is 12.4. The fourth-order valence-electron chi connectivity index (χ4n) is 2.40. The molecular weight excluding hydrogens is 262 g/mol. The van der Waals surface area contributed by atoms with Crippen LogP contribution in [0, 0.1) is 0 Å². The number of carbonyl (C=O) groups is 1. The van der Waals surface area contributed by atoms with Crippen LogP contribution < -0.4 is 5.32 Å².